The molecule has 0 saturated carbocycles. The summed E-state index contributed by atoms with van der Waals surface area (Å²) in [5, 5.41) is 3.63. The monoisotopic (exact) mass is 442 g/mol. The van der Waals surface area contributed by atoms with Crippen LogP contribution in [0.25, 0.3) is 0 Å². The van der Waals surface area contributed by atoms with E-state index < -0.39 is 0 Å². The van der Waals surface area contributed by atoms with Gasteiger partial charge in [-0.2, -0.15) is 0 Å². The first-order valence-electron chi connectivity index (χ1n) is 9.10. The number of hydrogen-bond acceptors (Lipinski definition) is 2. The number of fused-ring (bicyclic) bond motifs is 1. The maximum absolute atomic E-state index is 4.52. The van der Waals surface area contributed by atoms with Gasteiger partial charge in [-0.1, -0.05) is 25.1 Å². The number of para-hydroxylation sites is 1. The van der Waals surface area contributed by atoms with Crippen molar-refractivity contribution in [2.75, 3.05) is 44.7 Å². The zero-order valence-corrected chi connectivity index (χ0v) is 17.3. The first-order valence-corrected chi connectivity index (χ1v) is 9.10. The van der Waals surface area contributed by atoms with Crippen molar-refractivity contribution >= 4 is 35.6 Å². The van der Waals surface area contributed by atoms with Crippen LogP contribution >= 0.6 is 24.0 Å². The number of benzene rings is 1. The molecule has 134 valence electrons. The molecule has 2 heterocycles. The average Bonchev–Trinajstić information content (AvgIpc) is 3.01. The van der Waals surface area contributed by atoms with Crippen LogP contribution in [0.5, 0.6) is 0 Å². The molecule has 1 aromatic rings. The fourth-order valence-electron chi connectivity index (χ4n) is 3.82. The van der Waals surface area contributed by atoms with Crippen molar-refractivity contribution in [2.45, 2.75) is 32.6 Å². The second-order valence-corrected chi connectivity index (χ2v) is 6.74. The van der Waals surface area contributed by atoms with Gasteiger partial charge in [0, 0.05) is 25.8 Å². The normalized spacial score (nSPS) is 19.1. The Balaban J connectivity index is 0.00000208. The minimum absolute atomic E-state index is 0. The Morgan fingerprint density at radius 3 is 2.67 bits per heavy atom. The Morgan fingerprint density at radius 1 is 1.21 bits per heavy atom. The number of guanidine groups is 1. The number of rotatable bonds is 4. The third-order valence-electron chi connectivity index (χ3n) is 5.15. The van der Waals surface area contributed by atoms with E-state index in [2.05, 4.69) is 51.3 Å². The summed E-state index contributed by atoms with van der Waals surface area (Å²) in [5.74, 6) is 1.81. The first kappa shape index (κ1) is 19.5. The van der Waals surface area contributed by atoms with Crippen molar-refractivity contribution in [1.29, 1.82) is 0 Å². The van der Waals surface area contributed by atoms with E-state index in [1.165, 1.54) is 50.1 Å². The SMILES string of the molecule is CCCN1CCC(CNC(=NC)N2CCc3ccccc32)CC1.I. The largest absolute Gasteiger partial charge is 0.356 e. The van der Waals surface area contributed by atoms with E-state index in [4.69, 9.17) is 0 Å². The van der Waals surface area contributed by atoms with Gasteiger partial charge < -0.3 is 15.1 Å². The average molecular weight is 442 g/mol. The fourth-order valence-corrected chi connectivity index (χ4v) is 3.82. The summed E-state index contributed by atoms with van der Waals surface area (Å²) in [6.07, 6.45) is 5.00. The topological polar surface area (TPSA) is 30.9 Å². The van der Waals surface area contributed by atoms with E-state index in [1.54, 1.807) is 0 Å². The van der Waals surface area contributed by atoms with Gasteiger partial charge in [-0.05, 0) is 62.9 Å². The number of likely N-dealkylation sites (tertiary alicyclic amines) is 1. The highest BCUT2D eigenvalue weighted by Gasteiger charge is 2.24. The molecule has 0 spiro atoms. The van der Waals surface area contributed by atoms with Crippen LogP contribution in [0.2, 0.25) is 0 Å². The van der Waals surface area contributed by atoms with Crippen LogP contribution in [-0.4, -0.2) is 50.6 Å². The van der Waals surface area contributed by atoms with Crippen LogP contribution in [0.3, 0.4) is 0 Å². The summed E-state index contributed by atoms with van der Waals surface area (Å²) in [5.41, 5.74) is 2.75. The van der Waals surface area contributed by atoms with Gasteiger partial charge in [0.15, 0.2) is 5.96 Å². The Kier molecular flexibility index (Phi) is 7.81. The number of nitrogens with one attached hydrogen (secondary N) is 1. The molecule has 0 bridgehead atoms. The molecule has 5 heteroatoms. The van der Waals surface area contributed by atoms with Crippen LogP contribution < -0.4 is 10.2 Å². The predicted octanol–water partition coefficient (Wildman–Crippen LogP) is 3.36. The second-order valence-electron chi connectivity index (χ2n) is 6.74. The van der Waals surface area contributed by atoms with Crippen molar-refractivity contribution in [3.63, 3.8) is 0 Å². The molecular weight excluding hydrogens is 411 g/mol. The van der Waals surface area contributed by atoms with Crippen LogP contribution in [0.15, 0.2) is 29.3 Å². The molecule has 1 N–H and O–H groups in total. The molecule has 3 rings (SSSR count). The lowest BCUT2D eigenvalue weighted by Crippen LogP contribution is -2.44. The van der Waals surface area contributed by atoms with Gasteiger partial charge in [0.05, 0.1) is 0 Å². The van der Waals surface area contributed by atoms with Gasteiger partial charge in [-0.25, -0.2) is 0 Å². The molecule has 24 heavy (non-hydrogen) atoms. The quantitative estimate of drug-likeness (QED) is 0.441. The minimum Gasteiger partial charge on any atom is -0.356 e. The molecule has 0 aromatic heterocycles. The van der Waals surface area contributed by atoms with Crippen LogP contribution in [0.1, 0.15) is 31.7 Å². The molecule has 0 unspecified atom stereocenters. The summed E-state index contributed by atoms with van der Waals surface area (Å²) >= 11 is 0. The van der Waals surface area contributed by atoms with Crippen molar-refractivity contribution in [3.05, 3.63) is 29.8 Å². The van der Waals surface area contributed by atoms with E-state index in [9.17, 15) is 0 Å². The van der Waals surface area contributed by atoms with Crippen LogP contribution in [-0.2, 0) is 6.42 Å². The lowest BCUT2D eigenvalue weighted by molar-refractivity contribution is 0.185. The van der Waals surface area contributed by atoms with Gasteiger partial charge in [0.1, 0.15) is 0 Å². The molecule has 1 aromatic carbocycles. The molecule has 4 nitrogen and oxygen atoms in total. The first-order chi connectivity index (χ1) is 11.3. The number of hydrogen-bond donors (Lipinski definition) is 1. The zero-order valence-electron chi connectivity index (χ0n) is 15.0. The summed E-state index contributed by atoms with van der Waals surface area (Å²) in [7, 11) is 1.90. The highest BCUT2D eigenvalue weighted by atomic mass is 127. The Labute approximate surface area is 163 Å². The summed E-state index contributed by atoms with van der Waals surface area (Å²) in [4.78, 5) is 9.45. The number of halogens is 1. The Hall–Kier alpha value is -0.820. The summed E-state index contributed by atoms with van der Waals surface area (Å²) in [6, 6.07) is 8.68. The van der Waals surface area contributed by atoms with E-state index >= 15 is 0 Å². The molecule has 0 atom stereocenters. The lowest BCUT2D eigenvalue weighted by atomic mass is 9.97. The van der Waals surface area contributed by atoms with Gasteiger partial charge >= 0.3 is 0 Å². The molecule has 0 aliphatic carbocycles. The smallest absolute Gasteiger partial charge is 0.198 e. The molecule has 0 amide bonds. The summed E-state index contributed by atoms with van der Waals surface area (Å²) in [6.45, 7) is 8.12. The van der Waals surface area contributed by atoms with E-state index in [0.29, 0.717) is 0 Å². The molecule has 2 aliphatic heterocycles. The third kappa shape index (κ3) is 4.63. The molecule has 0 radical (unpaired) electrons. The zero-order chi connectivity index (χ0) is 16.1. The number of nitrogens with zero attached hydrogens (tertiary/aromatic N) is 3. The number of anilines is 1. The highest BCUT2D eigenvalue weighted by Crippen LogP contribution is 2.27. The van der Waals surface area contributed by atoms with Gasteiger partial charge in [-0.15, -0.1) is 24.0 Å². The molecule has 1 fully saturated rings. The van der Waals surface area contributed by atoms with Crippen molar-refractivity contribution < 1.29 is 0 Å². The number of piperidine rings is 1. The maximum atomic E-state index is 4.52. The minimum atomic E-state index is 0. The van der Waals surface area contributed by atoms with Crippen LogP contribution in [0.4, 0.5) is 5.69 Å². The highest BCUT2D eigenvalue weighted by molar-refractivity contribution is 14.0. The summed E-state index contributed by atoms with van der Waals surface area (Å²) < 4.78 is 0. The van der Waals surface area contributed by atoms with Crippen molar-refractivity contribution in [2.24, 2.45) is 10.9 Å². The lowest BCUT2D eigenvalue weighted by Gasteiger charge is -2.32. The van der Waals surface area contributed by atoms with E-state index in [-0.39, 0.29) is 24.0 Å². The van der Waals surface area contributed by atoms with Gasteiger partial charge in [0.25, 0.3) is 0 Å². The van der Waals surface area contributed by atoms with Crippen molar-refractivity contribution in [1.82, 2.24) is 10.2 Å². The van der Waals surface area contributed by atoms with E-state index in [0.717, 1.165) is 31.4 Å². The Morgan fingerprint density at radius 2 is 1.96 bits per heavy atom. The maximum Gasteiger partial charge on any atom is 0.198 e. The van der Waals surface area contributed by atoms with E-state index in [1.807, 2.05) is 7.05 Å². The number of aliphatic imine (C=N–C) groups is 1. The van der Waals surface area contributed by atoms with Crippen molar-refractivity contribution in [3.8, 4) is 0 Å². The molecular formula is C19H31IN4. The standard InChI is InChI=1S/C19H30N4.HI/c1-3-11-22-12-8-16(9-13-22)15-21-19(20-2)23-14-10-17-6-4-5-7-18(17)23;/h4-7,16H,3,8-15H2,1-2H3,(H,20,21);1H. The Bertz CT molecular complexity index is 538. The van der Waals surface area contributed by atoms with Crippen LogP contribution in [0, 0.1) is 5.92 Å². The third-order valence-corrected chi connectivity index (χ3v) is 5.15. The molecule has 1 saturated heterocycles. The fraction of sp³-hybridized carbons (Fsp3) is 0.632. The van der Waals surface area contributed by atoms with Gasteiger partial charge in [-0.3, -0.25) is 4.99 Å². The van der Waals surface area contributed by atoms with Gasteiger partial charge in [0.2, 0.25) is 0 Å². The second kappa shape index (κ2) is 9.61. The predicted molar refractivity (Wildman–Crippen MR) is 114 cm³/mol. The molecule has 2 aliphatic rings.